The first-order valence-corrected chi connectivity index (χ1v) is 10.2. The van der Waals surface area contributed by atoms with E-state index in [1.165, 1.54) is 5.56 Å². The normalized spacial score (nSPS) is 12.3. The highest BCUT2D eigenvalue weighted by Gasteiger charge is 2.14. The number of carbonyl (C=O) groups is 1. The Balaban J connectivity index is 1.48. The summed E-state index contributed by atoms with van der Waals surface area (Å²) in [6.07, 6.45) is 1.66. The van der Waals surface area contributed by atoms with Crippen LogP contribution in [0.5, 0.6) is 0 Å². The third kappa shape index (κ3) is 6.06. The third-order valence-electron chi connectivity index (χ3n) is 4.94. The van der Waals surface area contributed by atoms with Crippen LogP contribution in [0.3, 0.4) is 0 Å². The molecule has 0 aliphatic rings. The van der Waals surface area contributed by atoms with Crippen LogP contribution >= 0.6 is 0 Å². The van der Waals surface area contributed by atoms with Crippen LogP contribution in [0.25, 0.3) is 11.0 Å². The zero-order valence-corrected chi connectivity index (χ0v) is 17.6. The predicted octanol–water partition coefficient (Wildman–Crippen LogP) is 3.21. The Kier molecular flexibility index (Phi) is 7.25. The summed E-state index contributed by atoms with van der Waals surface area (Å²) in [5.74, 6) is 1.00. The third-order valence-corrected chi connectivity index (χ3v) is 4.94. The van der Waals surface area contributed by atoms with Gasteiger partial charge >= 0.3 is 6.03 Å². The topological polar surface area (TPSA) is 62.2 Å². The summed E-state index contributed by atoms with van der Waals surface area (Å²) < 4.78 is 2.21. The number of para-hydroxylation sites is 2. The largest absolute Gasteiger partial charge is 0.338 e. The van der Waals surface area contributed by atoms with Crippen molar-refractivity contribution in [1.29, 1.82) is 0 Å². The van der Waals surface area contributed by atoms with Crippen molar-refractivity contribution in [2.75, 3.05) is 27.2 Å². The van der Waals surface area contributed by atoms with Gasteiger partial charge in [0.15, 0.2) is 0 Å². The number of likely N-dealkylation sites (N-methyl/N-ethyl adjacent to an activating group) is 1. The molecule has 0 radical (unpaired) electrons. The number of carbonyl (C=O) groups excluding carboxylic acids is 1. The molecule has 1 aromatic heterocycles. The maximum absolute atomic E-state index is 12.4. The van der Waals surface area contributed by atoms with Crippen LogP contribution in [0.4, 0.5) is 4.79 Å². The zero-order valence-electron chi connectivity index (χ0n) is 17.6. The number of urea groups is 1. The number of rotatable bonds is 9. The number of nitrogens with one attached hydrogen (secondary N) is 2. The van der Waals surface area contributed by atoms with E-state index in [-0.39, 0.29) is 12.1 Å². The Morgan fingerprint density at radius 1 is 1.10 bits per heavy atom. The van der Waals surface area contributed by atoms with Gasteiger partial charge in [-0.3, -0.25) is 0 Å². The van der Waals surface area contributed by atoms with Gasteiger partial charge in [0.05, 0.1) is 11.0 Å². The van der Waals surface area contributed by atoms with Crippen LogP contribution in [0.15, 0.2) is 54.6 Å². The Labute approximate surface area is 172 Å². The van der Waals surface area contributed by atoms with Gasteiger partial charge in [0.2, 0.25) is 0 Å². The number of hydrogen-bond acceptors (Lipinski definition) is 3. The molecule has 0 saturated carbocycles. The highest BCUT2D eigenvalue weighted by molar-refractivity contribution is 5.76. The SMILES string of the molecule is Cc1nc2ccccc2n1CCCNC(=O)NC(Cc1ccccc1)CN(C)C. The van der Waals surface area contributed by atoms with E-state index >= 15 is 0 Å². The lowest BCUT2D eigenvalue weighted by atomic mass is 10.1. The van der Waals surface area contributed by atoms with Crippen molar-refractivity contribution in [3.63, 3.8) is 0 Å². The number of aromatic nitrogens is 2. The number of benzene rings is 2. The monoisotopic (exact) mass is 393 g/mol. The average Bonchev–Trinajstić information content (AvgIpc) is 3.00. The molecule has 6 nitrogen and oxygen atoms in total. The van der Waals surface area contributed by atoms with E-state index < -0.39 is 0 Å². The van der Waals surface area contributed by atoms with E-state index in [0.717, 1.165) is 42.8 Å². The minimum Gasteiger partial charge on any atom is -0.338 e. The Hall–Kier alpha value is -2.86. The molecule has 29 heavy (non-hydrogen) atoms. The average molecular weight is 394 g/mol. The molecule has 2 amide bonds. The van der Waals surface area contributed by atoms with E-state index in [1.54, 1.807) is 0 Å². The smallest absolute Gasteiger partial charge is 0.315 e. The molecule has 3 aromatic rings. The molecule has 6 heteroatoms. The van der Waals surface area contributed by atoms with Gasteiger partial charge in [-0.05, 0) is 51.6 Å². The first-order chi connectivity index (χ1) is 14.0. The van der Waals surface area contributed by atoms with Gasteiger partial charge in [0, 0.05) is 25.7 Å². The lowest BCUT2D eigenvalue weighted by Gasteiger charge is -2.23. The van der Waals surface area contributed by atoms with Gasteiger partial charge < -0.3 is 20.1 Å². The van der Waals surface area contributed by atoms with E-state index in [1.807, 2.05) is 57.4 Å². The van der Waals surface area contributed by atoms with Gasteiger partial charge in [0.1, 0.15) is 5.82 Å². The maximum atomic E-state index is 12.4. The summed E-state index contributed by atoms with van der Waals surface area (Å²) >= 11 is 0. The number of amides is 2. The second-order valence-corrected chi connectivity index (χ2v) is 7.70. The Morgan fingerprint density at radius 3 is 2.59 bits per heavy atom. The minimum atomic E-state index is -0.111. The summed E-state index contributed by atoms with van der Waals surface area (Å²) in [6, 6.07) is 18.4. The molecule has 154 valence electrons. The van der Waals surface area contributed by atoms with Gasteiger partial charge in [-0.15, -0.1) is 0 Å². The molecule has 0 saturated heterocycles. The van der Waals surface area contributed by atoms with E-state index in [0.29, 0.717) is 6.54 Å². The summed E-state index contributed by atoms with van der Waals surface area (Å²) in [5.41, 5.74) is 3.38. The number of imidazole rings is 1. The maximum Gasteiger partial charge on any atom is 0.315 e. The zero-order chi connectivity index (χ0) is 20.6. The molecule has 0 aliphatic carbocycles. The van der Waals surface area contributed by atoms with Crippen molar-refractivity contribution in [2.24, 2.45) is 0 Å². The van der Waals surface area contributed by atoms with Crippen LogP contribution in [-0.2, 0) is 13.0 Å². The molecule has 3 rings (SSSR count). The molecule has 1 unspecified atom stereocenters. The van der Waals surface area contributed by atoms with Gasteiger partial charge in [-0.1, -0.05) is 42.5 Å². The van der Waals surface area contributed by atoms with Crippen LogP contribution < -0.4 is 10.6 Å². The van der Waals surface area contributed by atoms with E-state index in [2.05, 4.69) is 43.3 Å². The summed E-state index contributed by atoms with van der Waals surface area (Å²) in [4.78, 5) is 19.1. The number of fused-ring (bicyclic) bond motifs is 1. The van der Waals surface area contributed by atoms with Crippen LogP contribution in [0.2, 0.25) is 0 Å². The Bertz CT molecular complexity index is 919. The second kappa shape index (κ2) is 10.1. The minimum absolute atomic E-state index is 0.0623. The molecule has 0 bridgehead atoms. The lowest BCUT2D eigenvalue weighted by molar-refractivity contribution is 0.232. The Morgan fingerprint density at radius 2 is 1.83 bits per heavy atom. The molecule has 2 aromatic carbocycles. The van der Waals surface area contributed by atoms with Crippen molar-refractivity contribution >= 4 is 17.1 Å². The molecule has 1 atom stereocenters. The highest BCUT2D eigenvalue weighted by Crippen LogP contribution is 2.15. The van der Waals surface area contributed by atoms with Gasteiger partial charge in [-0.2, -0.15) is 0 Å². The van der Waals surface area contributed by atoms with Crippen molar-refractivity contribution in [2.45, 2.75) is 32.4 Å². The standard InChI is InChI=1S/C23H31N5O/c1-18-25-21-12-7-8-13-22(21)28(18)15-9-14-24-23(29)26-20(17-27(2)3)16-19-10-5-4-6-11-19/h4-8,10-13,20H,9,14-17H2,1-3H3,(H2,24,26,29). The van der Waals surface area contributed by atoms with Gasteiger partial charge in [-0.25, -0.2) is 9.78 Å². The molecule has 0 aliphatic heterocycles. The van der Waals surface area contributed by atoms with Crippen molar-refractivity contribution in [3.8, 4) is 0 Å². The molecule has 1 heterocycles. The van der Waals surface area contributed by atoms with Gasteiger partial charge in [0.25, 0.3) is 0 Å². The van der Waals surface area contributed by atoms with Crippen molar-refractivity contribution in [1.82, 2.24) is 25.1 Å². The number of nitrogens with zero attached hydrogens (tertiary/aromatic N) is 3. The summed E-state index contributed by atoms with van der Waals surface area (Å²) in [7, 11) is 4.05. The molecule has 0 fully saturated rings. The van der Waals surface area contributed by atoms with Crippen molar-refractivity contribution < 1.29 is 4.79 Å². The predicted molar refractivity (Wildman–Crippen MR) is 118 cm³/mol. The number of aryl methyl sites for hydroxylation is 2. The number of hydrogen-bond donors (Lipinski definition) is 2. The quantitative estimate of drug-likeness (QED) is 0.549. The first kappa shape index (κ1) is 20.9. The van der Waals surface area contributed by atoms with E-state index in [9.17, 15) is 4.79 Å². The fourth-order valence-electron chi connectivity index (χ4n) is 3.65. The fraction of sp³-hybridized carbons (Fsp3) is 0.391. The lowest BCUT2D eigenvalue weighted by Crippen LogP contribution is -2.47. The molecule has 0 spiro atoms. The van der Waals surface area contributed by atoms with Crippen LogP contribution in [-0.4, -0.2) is 53.7 Å². The fourth-order valence-corrected chi connectivity index (χ4v) is 3.65. The highest BCUT2D eigenvalue weighted by atomic mass is 16.2. The second-order valence-electron chi connectivity index (χ2n) is 7.70. The molecule has 2 N–H and O–H groups in total. The van der Waals surface area contributed by atoms with Crippen LogP contribution in [0.1, 0.15) is 17.8 Å². The van der Waals surface area contributed by atoms with Crippen molar-refractivity contribution in [3.05, 3.63) is 66.0 Å². The summed E-state index contributed by atoms with van der Waals surface area (Å²) in [5, 5.41) is 6.12. The summed E-state index contributed by atoms with van der Waals surface area (Å²) in [6.45, 7) is 4.27. The first-order valence-electron chi connectivity index (χ1n) is 10.2. The molecular weight excluding hydrogens is 362 g/mol. The van der Waals surface area contributed by atoms with Crippen LogP contribution in [0, 0.1) is 6.92 Å². The van der Waals surface area contributed by atoms with E-state index in [4.69, 9.17) is 0 Å². The molecular formula is C23H31N5O.